The van der Waals surface area contributed by atoms with Crippen molar-refractivity contribution in [3.8, 4) is 0 Å². The Hall–Kier alpha value is -0.510. The van der Waals surface area contributed by atoms with Gasteiger partial charge in [-0.25, -0.2) is 0 Å². The third-order valence-corrected chi connectivity index (χ3v) is 5.17. The Morgan fingerprint density at radius 3 is 2.32 bits per heavy atom. The summed E-state index contributed by atoms with van der Waals surface area (Å²) in [5.41, 5.74) is 5.74. The SMILES string of the molecule is CC(C)(C)SCC(NN)c1ccc(C2CCC2)cc1. The van der Waals surface area contributed by atoms with Crippen molar-refractivity contribution in [2.75, 3.05) is 5.75 Å². The van der Waals surface area contributed by atoms with E-state index in [9.17, 15) is 0 Å². The van der Waals surface area contributed by atoms with Crippen LogP contribution in [0.3, 0.4) is 0 Å². The van der Waals surface area contributed by atoms with E-state index in [0.29, 0.717) is 0 Å². The van der Waals surface area contributed by atoms with Gasteiger partial charge >= 0.3 is 0 Å². The third-order valence-electron chi connectivity index (χ3n) is 3.80. The van der Waals surface area contributed by atoms with Crippen LogP contribution in [0.4, 0.5) is 0 Å². The van der Waals surface area contributed by atoms with E-state index in [1.165, 1.54) is 30.4 Å². The number of hydrogen-bond acceptors (Lipinski definition) is 3. The first kappa shape index (κ1) is 14.9. The lowest BCUT2D eigenvalue weighted by atomic mass is 9.80. The molecule has 1 atom stereocenters. The molecule has 0 bridgehead atoms. The van der Waals surface area contributed by atoms with Crippen molar-refractivity contribution in [3.05, 3.63) is 35.4 Å². The number of nitrogens with two attached hydrogens (primary N) is 1. The van der Waals surface area contributed by atoms with Gasteiger partial charge in [-0.2, -0.15) is 11.8 Å². The van der Waals surface area contributed by atoms with E-state index < -0.39 is 0 Å². The summed E-state index contributed by atoms with van der Waals surface area (Å²) in [6.07, 6.45) is 4.11. The van der Waals surface area contributed by atoms with Crippen LogP contribution in [0.25, 0.3) is 0 Å². The molecule has 1 aliphatic rings. The summed E-state index contributed by atoms with van der Waals surface area (Å²) in [4.78, 5) is 0. The zero-order valence-electron chi connectivity index (χ0n) is 12.3. The molecule has 1 fully saturated rings. The number of hydrogen-bond donors (Lipinski definition) is 2. The molecule has 0 aliphatic heterocycles. The molecule has 2 nitrogen and oxygen atoms in total. The van der Waals surface area contributed by atoms with E-state index >= 15 is 0 Å². The van der Waals surface area contributed by atoms with E-state index in [0.717, 1.165) is 11.7 Å². The number of rotatable bonds is 5. The van der Waals surface area contributed by atoms with Crippen LogP contribution in [-0.2, 0) is 0 Å². The van der Waals surface area contributed by atoms with Gasteiger partial charge in [0.15, 0.2) is 0 Å². The number of hydrazine groups is 1. The highest BCUT2D eigenvalue weighted by Crippen LogP contribution is 2.36. The van der Waals surface area contributed by atoms with Gasteiger partial charge in [-0.3, -0.25) is 11.3 Å². The lowest BCUT2D eigenvalue weighted by Gasteiger charge is -2.27. The minimum atomic E-state index is 0.236. The summed E-state index contributed by atoms with van der Waals surface area (Å²) in [7, 11) is 0. The van der Waals surface area contributed by atoms with Crippen LogP contribution >= 0.6 is 11.8 Å². The second kappa shape index (κ2) is 6.29. The van der Waals surface area contributed by atoms with E-state index in [2.05, 4.69) is 50.5 Å². The molecule has 0 spiro atoms. The quantitative estimate of drug-likeness (QED) is 0.632. The third kappa shape index (κ3) is 4.23. The monoisotopic (exact) mass is 278 g/mol. The molecule has 0 heterocycles. The van der Waals surface area contributed by atoms with Crippen LogP contribution in [0.5, 0.6) is 0 Å². The highest BCUT2D eigenvalue weighted by molar-refractivity contribution is 8.00. The Morgan fingerprint density at radius 2 is 1.89 bits per heavy atom. The maximum atomic E-state index is 5.71. The number of benzene rings is 1. The fourth-order valence-electron chi connectivity index (χ4n) is 2.32. The van der Waals surface area contributed by atoms with Crippen molar-refractivity contribution in [1.82, 2.24) is 5.43 Å². The van der Waals surface area contributed by atoms with Crippen LogP contribution in [0, 0.1) is 0 Å². The van der Waals surface area contributed by atoms with E-state index in [-0.39, 0.29) is 10.8 Å². The predicted octanol–water partition coefficient (Wildman–Crippen LogP) is 3.99. The lowest BCUT2D eigenvalue weighted by molar-refractivity contribution is 0.419. The van der Waals surface area contributed by atoms with Crippen LogP contribution in [-0.4, -0.2) is 10.5 Å². The van der Waals surface area contributed by atoms with E-state index in [4.69, 9.17) is 5.84 Å². The molecule has 1 unspecified atom stereocenters. The van der Waals surface area contributed by atoms with Gasteiger partial charge in [0.05, 0.1) is 6.04 Å². The fraction of sp³-hybridized carbons (Fsp3) is 0.625. The highest BCUT2D eigenvalue weighted by atomic mass is 32.2. The first-order chi connectivity index (χ1) is 8.99. The minimum absolute atomic E-state index is 0.236. The van der Waals surface area contributed by atoms with Crippen molar-refractivity contribution < 1.29 is 0 Å². The van der Waals surface area contributed by atoms with Crippen molar-refractivity contribution in [3.63, 3.8) is 0 Å². The molecule has 3 heteroatoms. The lowest BCUT2D eigenvalue weighted by Crippen LogP contribution is -2.30. The zero-order chi connectivity index (χ0) is 13.9. The average Bonchev–Trinajstić information content (AvgIpc) is 2.28. The second-order valence-corrected chi connectivity index (χ2v) is 8.28. The van der Waals surface area contributed by atoms with Crippen molar-refractivity contribution >= 4 is 11.8 Å². The minimum Gasteiger partial charge on any atom is -0.271 e. The standard InChI is InChI=1S/C16H26N2S/c1-16(2,3)19-11-15(18-17)14-9-7-13(8-10-14)12-5-4-6-12/h7-10,12,15,18H,4-6,11,17H2,1-3H3. The van der Waals surface area contributed by atoms with Gasteiger partial charge in [0.1, 0.15) is 0 Å². The summed E-state index contributed by atoms with van der Waals surface area (Å²) in [5.74, 6) is 7.52. The first-order valence-corrected chi connectivity index (χ1v) is 8.18. The van der Waals surface area contributed by atoms with E-state index in [1.54, 1.807) is 0 Å². The van der Waals surface area contributed by atoms with Gasteiger partial charge < -0.3 is 0 Å². The first-order valence-electron chi connectivity index (χ1n) is 7.19. The van der Waals surface area contributed by atoms with Crippen LogP contribution in [0.1, 0.15) is 63.1 Å². The Labute approximate surface area is 121 Å². The Kier molecular flexibility index (Phi) is 4.93. The van der Waals surface area contributed by atoms with Gasteiger partial charge in [-0.15, -0.1) is 0 Å². The molecule has 3 N–H and O–H groups in total. The normalized spacial score (nSPS) is 18.1. The van der Waals surface area contributed by atoms with Crippen LogP contribution in [0.2, 0.25) is 0 Å². The molecule has 1 saturated carbocycles. The summed E-state index contributed by atoms with van der Waals surface area (Å²) in [6, 6.07) is 9.28. The molecule has 1 aliphatic carbocycles. The molecule has 0 aromatic heterocycles. The molecule has 0 radical (unpaired) electrons. The zero-order valence-corrected chi connectivity index (χ0v) is 13.1. The maximum Gasteiger partial charge on any atom is 0.0550 e. The van der Waals surface area contributed by atoms with Crippen molar-refractivity contribution in [1.29, 1.82) is 0 Å². The summed E-state index contributed by atoms with van der Waals surface area (Å²) in [6.45, 7) is 6.72. The van der Waals surface area contributed by atoms with Gasteiger partial charge in [-0.1, -0.05) is 51.5 Å². The fourth-order valence-corrected chi connectivity index (χ4v) is 3.27. The molecular weight excluding hydrogens is 252 g/mol. The van der Waals surface area contributed by atoms with Gasteiger partial charge in [0.25, 0.3) is 0 Å². The summed E-state index contributed by atoms with van der Waals surface area (Å²) in [5, 5.41) is 0. The second-order valence-electron chi connectivity index (χ2n) is 6.44. The molecule has 1 aromatic carbocycles. The predicted molar refractivity (Wildman–Crippen MR) is 85.3 cm³/mol. The van der Waals surface area contributed by atoms with Gasteiger partial charge in [-0.05, 0) is 29.9 Å². The van der Waals surface area contributed by atoms with Crippen LogP contribution in [0.15, 0.2) is 24.3 Å². The van der Waals surface area contributed by atoms with E-state index in [1.807, 2.05) is 11.8 Å². The topological polar surface area (TPSA) is 38.0 Å². The van der Waals surface area contributed by atoms with Crippen molar-refractivity contribution in [2.24, 2.45) is 5.84 Å². The summed E-state index contributed by atoms with van der Waals surface area (Å²) < 4.78 is 0.279. The molecule has 1 aromatic rings. The molecule has 0 saturated heterocycles. The van der Waals surface area contributed by atoms with Gasteiger partial charge in [0.2, 0.25) is 0 Å². The number of thioether (sulfide) groups is 1. The molecule has 106 valence electrons. The summed E-state index contributed by atoms with van der Waals surface area (Å²) >= 11 is 1.94. The van der Waals surface area contributed by atoms with Crippen LogP contribution < -0.4 is 11.3 Å². The molecular formula is C16H26N2S. The largest absolute Gasteiger partial charge is 0.271 e. The molecule has 19 heavy (non-hydrogen) atoms. The molecule has 0 amide bonds. The Morgan fingerprint density at radius 1 is 1.26 bits per heavy atom. The van der Waals surface area contributed by atoms with Crippen molar-refractivity contribution in [2.45, 2.75) is 56.7 Å². The van der Waals surface area contributed by atoms with Gasteiger partial charge in [0, 0.05) is 10.5 Å². The highest BCUT2D eigenvalue weighted by Gasteiger charge is 2.20. The number of nitrogens with one attached hydrogen (secondary N) is 1. The maximum absolute atomic E-state index is 5.71. The average molecular weight is 278 g/mol. The Bertz CT molecular complexity index is 390. The Balaban J connectivity index is 1.97. The molecule has 2 rings (SSSR count). The smallest absolute Gasteiger partial charge is 0.0550 e.